The zero-order chi connectivity index (χ0) is 18.5. The number of carbonyl (C=O) groups excluding carboxylic acids is 1. The monoisotopic (exact) mass is 372 g/mol. The van der Waals surface area contributed by atoms with Crippen molar-refractivity contribution in [3.63, 3.8) is 0 Å². The Bertz CT molecular complexity index is 721. The van der Waals surface area contributed by atoms with Crippen LogP contribution in [0.1, 0.15) is 25.3 Å². The van der Waals surface area contributed by atoms with E-state index in [2.05, 4.69) is 43.0 Å². The third kappa shape index (κ3) is 4.70. The van der Waals surface area contributed by atoms with Crippen LogP contribution < -0.4 is 9.64 Å². The molecule has 0 bridgehead atoms. The maximum absolute atomic E-state index is 12.4. The lowest BCUT2D eigenvalue weighted by Crippen LogP contribution is -2.50. The predicted molar refractivity (Wildman–Crippen MR) is 106 cm³/mol. The summed E-state index contributed by atoms with van der Waals surface area (Å²) in [5, 5.41) is 0.654. The van der Waals surface area contributed by atoms with Crippen LogP contribution in [0.5, 0.6) is 5.75 Å². The van der Waals surface area contributed by atoms with Gasteiger partial charge in [0.15, 0.2) is 6.61 Å². The molecule has 1 fully saturated rings. The molecule has 5 heteroatoms. The molecule has 26 heavy (non-hydrogen) atoms. The van der Waals surface area contributed by atoms with Crippen LogP contribution in [0.2, 0.25) is 5.02 Å². The zero-order valence-electron chi connectivity index (χ0n) is 15.3. The highest BCUT2D eigenvalue weighted by Crippen LogP contribution is 2.21. The molecule has 2 aromatic carbocycles. The van der Waals surface area contributed by atoms with Crippen LogP contribution in [0.15, 0.2) is 48.5 Å². The molecule has 2 aromatic rings. The number of anilines is 1. The van der Waals surface area contributed by atoms with Crippen molar-refractivity contribution in [3.05, 3.63) is 59.1 Å². The Morgan fingerprint density at radius 1 is 1.00 bits per heavy atom. The van der Waals surface area contributed by atoms with Crippen molar-refractivity contribution in [3.8, 4) is 5.75 Å². The third-order valence-corrected chi connectivity index (χ3v) is 4.99. The highest BCUT2D eigenvalue weighted by molar-refractivity contribution is 6.30. The molecule has 0 spiro atoms. The van der Waals surface area contributed by atoms with E-state index in [1.807, 2.05) is 4.90 Å². The number of piperazine rings is 1. The molecule has 1 aliphatic rings. The molecule has 0 radical (unpaired) electrons. The highest BCUT2D eigenvalue weighted by Gasteiger charge is 2.21. The molecule has 1 saturated heterocycles. The molecule has 1 heterocycles. The maximum atomic E-state index is 12.4. The van der Waals surface area contributed by atoms with E-state index in [1.165, 1.54) is 11.3 Å². The van der Waals surface area contributed by atoms with Gasteiger partial charge in [-0.25, -0.2) is 0 Å². The number of nitrogens with zero attached hydrogens (tertiary/aromatic N) is 2. The van der Waals surface area contributed by atoms with Gasteiger partial charge in [-0.1, -0.05) is 37.6 Å². The molecule has 0 aromatic heterocycles. The van der Waals surface area contributed by atoms with Gasteiger partial charge in [-0.15, -0.1) is 0 Å². The van der Waals surface area contributed by atoms with Crippen LogP contribution in [-0.4, -0.2) is 43.6 Å². The van der Waals surface area contributed by atoms with Gasteiger partial charge < -0.3 is 14.5 Å². The molecule has 138 valence electrons. The van der Waals surface area contributed by atoms with Crippen molar-refractivity contribution in [1.29, 1.82) is 0 Å². The van der Waals surface area contributed by atoms with Gasteiger partial charge in [-0.2, -0.15) is 0 Å². The van der Waals surface area contributed by atoms with Crippen LogP contribution >= 0.6 is 11.6 Å². The molecule has 0 unspecified atom stereocenters. The summed E-state index contributed by atoms with van der Waals surface area (Å²) in [6, 6.07) is 15.8. The lowest BCUT2D eigenvalue weighted by Gasteiger charge is -2.36. The Balaban J connectivity index is 1.48. The molecule has 0 aliphatic carbocycles. The molecular weight excluding hydrogens is 348 g/mol. The summed E-state index contributed by atoms with van der Waals surface area (Å²) in [6.07, 6.45) is 0. The number of ether oxygens (including phenoxy) is 1. The van der Waals surface area contributed by atoms with E-state index < -0.39 is 0 Å². The molecule has 3 rings (SSSR count). The fourth-order valence-corrected chi connectivity index (χ4v) is 3.18. The zero-order valence-corrected chi connectivity index (χ0v) is 16.1. The first kappa shape index (κ1) is 18.6. The molecule has 1 amide bonds. The summed E-state index contributed by atoms with van der Waals surface area (Å²) in [6.45, 7) is 7.58. The average Bonchev–Trinajstić information content (AvgIpc) is 2.67. The number of halogens is 1. The van der Waals surface area contributed by atoms with E-state index in [9.17, 15) is 4.79 Å². The first-order chi connectivity index (χ1) is 12.5. The lowest BCUT2D eigenvalue weighted by molar-refractivity contribution is -0.133. The lowest BCUT2D eigenvalue weighted by atomic mass is 10.0. The molecule has 0 N–H and O–H groups in total. The van der Waals surface area contributed by atoms with Crippen LogP contribution in [0, 0.1) is 0 Å². The molecule has 1 aliphatic heterocycles. The van der Waals surface area contributed by atoms with Crippen LogP contribution in [0.3, 0.4) is 0 Å². The second-order valence-corrected chi connectivity index (χ2v) is 7.29. The number of carbonyl (C=O) groups is 1. The van der Waals surface area contributed by atoms with Crippen molar-refractivity contribution in [1.82, 2.24) is 4.90 Å². The summed E-state index contributed by atoms with van der Waals surface area (Å²) in [5.41, 5.74) is 2.57. The van der Waals surface area contributed by atoms with Gasteiger partial charge in [0.2, 0.25) is 0 Å². The van der Waals surface area contributed by atoms with E-state index in [-0.39, 0.29) is 12.5 Å². The minimum absolute atomic E-state index is 0.0229. The summed E-state index contributed by atoms with van der Waals surface area (Å²) in [7, 11) is 0. The Kier molecular flexibility index (Phi) is 6.04. The second kappa shape index (κ2) is 8.45. The van der Waals surface area contributed by atoms with Crippen molar-refractivity contribution in [2.24, 2.45) is 0 Å². The van der Waals surface area contributed by atoms with E-state index in [1.54, 1.807) is 24.3 Å². The number of amides is 1. The average molecular weight is 373 g/mol. The van der Waals surface area contributed by atoms with Crippen molar-refractivity contribution in [2.75, 3.05) is 37.7 Å². The summed E-state index contributed by atoms with van der Waals surface area (Å²) >= 11 is 5.85. The topological polar surface area (TPSA) is 32.8 Å². The first-order valence-electron chi connectivity index (χ1n) is 9.04. The fourth-order valence-electron chi connectivity index (χ4n) is 3.05. The Morgan fingerprint density at radius 3 is 2.19 bits per heavy atom. The summed E-state index contributed by atoms with van der Waals surface area (Å²) in [4.78, 5) is 16.6. The highest BCUT2D eigenvalue weighted by atomic mass is 35.5. The standard InChI is InChI=1S/C21H25ClN2O2/c1-16(2)17-3-7-19(8-4-17)23-11-13-24(14-12-23)21(25)15-26-20-9-5-18(22)6-10-20/h3-10,16H,11-15H2,1-2H3. The number of benzene rings is 2. The third-order valence-electron chi connectivity index (χ3n) is 4.73. The Hall–Kier alpha value is -2.20. The maximum Gasteiger partial charge on any atom is 0.260 e. The second-order valence-electron chi connectivity index (χ2n) is 6.86. The van der Waals surface area contributed by atoms with E-state index >= 15 is 0 Å². The quantitative estimate of drug-likeness (QED) is 0.788. The van der Waals surface area contributed by atoms with Crippen LogP contribution in [0.4, 0.5) is 5.69 Å². The van der Waals surface area contributed by atoms with E-state index in [0.29, 0.717) is 16.7 Å². The van der Waals surface area contributed by atoms with E-state index in [0.717, 1.165) is 26.2 Å². The minimum Gasteiger partial charge on any atom is -0.484 e. The summed E-state index contributed by atoms with van der Waals surface area (Å²) in [5.74, 6) is 1.22. The number of hydrogen-bond donors (Lipinski definition) is 0. The fraction of sp³-hybridized carbons (Fsp3) is 0.381. The minimum atomic E-state index is 0.0229. The van der Waals surface area contributed by atoms with Gasteiger partial charge in [0.1, 0.15) is 5.75 Å². The van der Waals surface area contributed by atoms with Gasteiger partial charge in [0, 0.05) is 36.9 Å². The van der Waals surface area contributed by atoms with Gasteiger partial charge in [0.05, 0.1) is 0 Å². The van der Waals surface area contributed by atoms with Crippen LogP contribution in [-0.2, 0) is 4.79 Å². The van der Waals surface area contributed by atoms with E-state index in [4.69, 9.17) is 16.3 Å². The number of hydrogen-bond acceptors (Lipinski definition) is 3. The van der Waals surface area contributed by atoms with Crippen molar-refractivity contribution >= 4 is 23.2 Å². The molecule has 0 atom stereocenters. The van der Waals surface area contributed by atoms with Crippen LogP contribution in [0.25, 0.3) is 0 Å². The SMILES string of the molecule is CC(C)c1ccc(N2CCN(C(=O)COc3ccc(Cl)cc3)CC2)cc1. The van der Waals surface area contributed by atoms with Gasteiger partial charge in [-0.3, -0.25) is 4.79 Å². The first-order valence-corrected chi connectivity index (χ1v) is 9.42. The van der Waals surface area contributed by atoms with Crippen molar-refractivity contribution in [2.45, 2.75) is 19.8 Å². The van der Waals surface area contributed by atoms with Gasteiger partial charge in [0.25, 0.3) is 5.91 Å². The van der Waals surface area contributed by atoms with Gasteiger partial charge >= 0.3 is 0 Å². The molecule has 0 saturated carbocycles. The van der Waals surface area contributed by atoms with Crippen molar-refractivity contribution < 1.29 is 9.53 Å². The largest absolute Gasteiger partial charge is 0.484 e. The smallest absolute Gasteiger partial charge is 0.260 e. The number of rotatable bonds is 5. The predicted octanol–water partition coefficient (Wildman–Crippen LogP) is 4.19. The summed E-state index contributed by atoms with van der Waals surface area (Å²) < 4.78 is 5.56. The normalized spacial score (nSPS) is 14.6. The molecule has 4 nitrogen and oxygen atoms in total. The Morgan fingerprint density at radius 2 is 1.62 bits per heavy atom. The Labute approximate surface area is 160 Å². The molecular formula is C21H25ClN2O2. The van der Waals surface area contributed by atoms with Gasteiger partial charge in [-0.05, 0) is 47.9 Å².